The number of ether oxygens (including phenoxy) is 1. The average Bonchev–Trinajstić information content (AvgIpc) is 3.06. The van der Waals surface area contributed by atoms with E-state index in [9.17, 15) is 9.18 Å². The predicted molar refractivity (Wildman–Crippen MR) is 112 cm³/mol. The van der Waals surface area contributed by atoms with Crippen LogP contribution in [0.2, 0.25) is 5.02 Å². The molecule has 138 valence electrons. The molecule has 0 aliphatic rings. The van der Waals surface area contributed by atoms with Crippen LogP contribution >= 0.6 is 22.9 Å². The van der Waals surface area contributed by atoms with Crippen LogP contribution in [0.4, 0.5) is 10.1 Å². The van der Waals surface area contributed by atoms with E-state index in [2.05, 4.69) is 4.99 Å². The highest BCUT2D eigenvalue weighted by atomic mass is 35.5. The Hall–Kier alpha value is -3.02. The molecule has 0 aliphatic carbocycles. The lowest BCUT2D eigenvalue weighted by Crippen LogP contribution is -2.08. The number of aliphatic imine (C=N–C) groups is 1. The lowest BCUT2D eigenvalue weighted by Gasteiger charge is -2.06. The largest absolute Gasteiger partial charge is 0.422 e. The number of hydrogen-bond donors (Lipinski definition) is 0. The van der Waals surface area contributed by atoms with Crippen LogP contribution in [0, 0.1) is 5.82 Å². The lowest BCUT2D eigenvalue weighted by molar-refractivity contribution is 0.0740. The van der Waals surface area contributed by atoms with Crippen molar-refractivity contribution in [1.29, 1.82) is 0 Å². The summed E-state index contributed by atoms with van der Waals surface area (Å²) in [7, 11) is 0. The van der Waals surface area contributed by atoms with Crippen molar-refractivity contribution in [1.82, 2.24) is 0 Å². The molecule has 3 nitrogen and oxygen atoms in total. The first-order valence-corrected chi connectivity index (χ1v) is 9.59. The third-order valence-electron chi connectivity index (χ3n) is 4.02. The minimum Gasteiger partial charge on any atom is -0.422 e. The van der Waals surface area contributed by atoms with Crippen LogP contribution in [0.1, 0.15) is 15.2 Å². The van der Waals surface area contributed by atoms with E-state index in [4.69, 9.17) is 16.3 Å². The van der Waals surface area contributed by atoms with Crippen LogP contribution in [0.5, 0.6) is 5.75 Å². The molecule has 0 unspecified atom stereocenters. The van der Waals surface area contributed by atoms with Gasteiger partial charge in [-0.3, -0.25) is 4.99 Å². The predicted octanol–water partition coefficient (Wildman–Crippen LogP) is 6.66. The van der Waals surface area contributed by atoms with Gasteiger partial charge in [0.25, 0.3) is 0 Å². The first kappa shape index (κ1) is 18.3. The zero-order valence-corrected chi connectivity index (χ0v) is 16.0. The molecule has 0 atom stereocenters. The van der Waals surface area contributed by atoms with Gasteiger partial charge in [-0.15, -0.1) is 11.3 Å². The summed E-state index contributed by atoms with van der Waals surface area (Å²) in [4.78, 5) is 17.3. The molecule has 3 aromatic carbocycles. The van der Waals surface area contributed by atoms with Gasteiger partial charge in [-0.05, 0) is 42.5 Å². The van der Waals surface area contributed by atoms with Crippen LogP contribution in [0.15, 0.2) is 77.8 Å². The highest BCUT2D eigenvalue weighted by Gasteiger charge is 2.19. The minimum absolute atomic E-state index is 0.325. The zero-order chi connectivity index (χ0) is 19.5. The van der Waals surface area contributed by atoms with Crippen molar-refractivity contribution < 1.29 is 13.9 Å². The number of thiophene rings is 1. The van der Waals surface area contributed by atoms with Gasteiger partial charge in [0.15, 0.2) is 0 Å². The molecule has 0 amide bonds. The van der Waals surface area contributed by atoms with Crippen molar-refractivity contribution in [2.24, 2.45) is 4.99 Å². The van der Waals surface area contributed by atoms with Crippen molar-refractivity contribution in [3.8, 4) is 5.75 Å². The van der Waals surface area contributed by atoms with Crippen LogP contribution in [0.3, 0.4) is 0 Å². The molecule has 0 saturated heterocycles. The van der Waals surface area contributed by atoms with Gasteiger partial charge in [-0.1, -0.05) is 41.9 Å². The maximum Gasteiger partial charge on any atom is 0.355 e. The summed E-state index contributed by atoms with van der Waals surface area (Å²) in [6.07, 6.45) is 1.57. The van der Waals surface area contributed by atoms with Gasteiger partial charge in [0, 0.05) is 21.9 Å². The number of benzene rings is 3. The van der Waals surface area contributed by atoms with E-state index >= 15 is 0 Å². The van der Waals surface area contributed by atoms with Gasteiger partial charge in [0.2, 0.25) is 0 Å². The molecule has 6 heteroatoms. The maximum absolute atomic E-state index is 13.0. The number of hydrogen-bond acceptors (Lipinski definition) is 4. The van der Waals surface area contributed by atoms with E-state index in [1.165, 1.54) is 23.5 Å². The summed E-state index contributed by atoms with van der Waals surface area (Å²) in [5.74, 6) is -0.478. The van der Waals surface area contributed by atoms with Crippen molar-refractivity contribution in [2.45, 2.75) is 0 Å². The van der Waals surface area contributed by atoms with Gasteiger partial charge >= 0.3 is 5.97 Å². The maximum atomic E-state index is 13.0. The van der Waals surface area contributed by atoms with E-state index in [-0.39, 0.29) is 5.82 Å². The van der Waals surface area contributed by atoms with E-state index in [0.29, 0.717) is 26.9 Å². The lowest BCUT2D eigenvalue weighted by atomic mass is 10.2. The number of fused-ring (bicyclic) bond motifs is 1. The molecule has 4 rings (SSSR count). The van der Waals surface area contributed by atoms with Crippen molar-refractivity contribution in [2.75, 3.05) is 0 Å². The Kier molecular flexibility index (Phi) is 5.19. The summed E-state index contributed by atoms with van der Waals surface area (Å²) in [6.45, 7) is 0. The minimum atomic E-state index is -0.520. The normalized spacial score (nSPS) is 11.2. The van der Waals surface area contributed by atoms with Gasteiger partial charge in [-0.2, -0.15) is 0 Å². The molecule has 0 fully saturated rings. The Labute approximate surface area is 169 Å². The average molecular weight is 410 g/mol. The number of esters is 1. The molecule has 0 radical (unpaired) electrons. The van der Waals surface area contributed by atoms with Crippen LogP contribution in [-0.4, -0.2) is 12.2 Å². The number of nitrogens with zero attached hydrogens (tertiary/aromatic N) is 1. The van der Waals surface area contributed by atoms with Crippen molar-refractivity contribution in [3.05, 3.63) is 94.1 Å². The van der Waals surface area contributed by atoms with E-state index in [1.54, 1.807) is 36.5 Å². The molecule has 4 aromatic rings. The Bertz CT molecular complexity index is 1180. The Morgan fingerprint density at radius 2 is 1.71 bits per heavy atom. The number of carbonyl (C=O) groups excluding carboxylic acids is 1. The Morgan fingerprint density at radius 1 is 1.00 bits per heavy atom. The second-order valence-electron chi connectivity index (χ2n) is 5.90. The zero-order valence-electron chi connectivity index (χ0n) is 14.4. The van der Waals surface area contributed by atoms with Crippen LogP contribution in [0.25, 0.3) is 10.1 Å². The molecular formula is C22H13ClFNO2S. The fourth-order valence-corrected chi connectivity index (χ4v) is 4.03. The Balaban J connectivity index is 1.60. The van der Waals surface area contributed by atoms with E-state index in [1.807, 2.05) is 30.3 Å². The van der Waals surface area contributed by atoms with Gasteiger partial charge in [0.1, 0.15) is 16.4 Å². The molecule has 0 saturated carbocycles. The number of para-hydroxylation sites is 1. The smallest absolute Gasteiger partial charge is 0.355 e. The molecule has 0 N–H and O–H groups in total. The van der Waals surface area contributed by atoms with E-state index in [0.717, 1.165) is 10.1 Å². The molecule has 28 heavy (non-hydrogen) atoms. The molecular weight excluding hydrogens is 397 g/mol. The molecule has 0 aliphatic heterocycles. The topological polar surface area (TPSA) is 38.7 Å². The number of halogens is 2. The second-order valence-corrected chi connectivity index (χ2v) is 7.33. The highest BCUT2D eigenvalue weighted by molar-refractivity contribution is 7.21. The van der Waals surface area contributed by atoms with Crippen molar-refractivity contribution in [3.63, 3.8) is 0 Å². The molecule has 0 spiro atoms. The highest BCUT2D eigenvalue weighted by Crippen LogP contribution is 2.36. The SMILES string of the molecule is O=C(Oc1ccccc1C=Nc1ccc(F)cc1)c1sc2ccccc2c1Cl. The monoisotopic (exact) mass is 409 g/mol. The summed E-state index contributed by atoms with van der Waals surface area (Å²) < 4.78 is 19.5. The van der Waals surface area contributed by atoms with Crippen LogP contribution in [-0.2, 0) is 0 Å². The fraction of sp³-hybridized carbons (Fsp3) is 0. The summed E-state index contributed by atoms with van der Waals surface area (Å²) in [5, 5.41) is 1.22. The van der Waals surface area contributed by atoms with E-state index < -0.39 is 5.97 Å². The number of rotatable bonds is 4. The standard InChI is InChI=1S/C22H13ClFNO2S/c23-20-17-6-2-4-8-19(17)28-21(20)22(26)27-18-7-3-1-5-14(18)13-25-16-11-9-15(24)10-12-16/h1-13H. The second kappa shape index (κ2) is 7.92. The summed E-state index contributed by atoms with van der Waals surface area (Å²) in [5.41, 5.74) is 1.22. The molecule has 1 heterocycles. The first-order valence-electron chi connectivity index (χ1n) is 8.40. The third kappa shape index (κ3) is 3.81. The summed E-state index contributed by atoms with van der Waals surface area (Å²) >= 11 is 7.66. The molecule has 0 bridgehead atoms. The quantitative estimate of drug-likeness (QED) is 0.214. The number of carbonyl (C=O) groups is 1. The van der Waals surface area contributed by atoms with Crippen LogP contribution < -0.4 is 4.74 Å². The van der Waals surface area contributed by atoms with Gasteiger partial charge in [-0.25, -0.2) is 9.18 Å². The van der Waals surface area contributed by atoms with Crippen molar-refractivity contribution >= 4 is 50.9 Å². The molecule has 1 aromatic heterocycles. The first-order chi connectivity index (χ1) is 13.6. The summed E-state index contributed by atoms with van der Waals surface area (Å²) in [6, 6.07) is 20.4. The fourth-order valence-electron chi connectivity index (χ4n) is 2.64. The Morgan fingerprint density at radius 3 is 2.50 bits per heavy atom. The van der Waals surface area contributed by atoms with Gasteiger partial charge in [0.05, 0.1) is 10.7 Å². The third-order valence-corrected chi connectivity index (χ3v) is 5.68. The van der Waals surface area contributed by atoms with Gasteiger partial charge < -0.3 is 4.74 Å².